The number of unbranched alkanes of at least 4 members (excludes halogenated alkanes) is 1. The van der Waals surface area contributed by atoms with Crippen LogP contribution in [0.25, 0.3) is 0 Å². The molecule has 0 bridgehead atoms. The minimum Gasteiger partial charge on any atom is -1.00 e. The van der Waals surface area contributed by atoms with Gasteiger partial charge in [-0.05, 0) is 0 Å². The monoisotopic (exact) mass is 309 g/mol. The van der Waals surface area contributed by atoms with Crippen LogP contribution in [0.3, 0.4) is 0 Å². The fourth-order valence-corrected chi connectivity index (χ4v) is 2.74. The Morgan fingerprint density at radius 2 is 1.93 bits per heavy atom. The first-order valence-electron chi connectivity index (χ1n) is 4.91. The molecule has 0 heterocycles. The Morgan fingerprint density at radius 1 is 1.29 bits per heavy atom. The van der Waals surface area contributed by atoms with Crippen LogP contribution in [-0.2, 0) is 24.7 Å². The Hall–Kier alpha value is 0.943. The molecular formula is C11H17Cl2Zr. The predicted octanol–water partition coefficient (Wildman–Crippen LogP) is -2.42. The molecule has 0 saturated heterocycles. The molecule has 0 aromatic carbocycles. The summed E-state index contributed by atoms with van der Waals surface area (Å²) < 4.78 is 1.65. The molecule has 0 N–H and O–H groups in total. The van der Waals surface area contributed by atoms with Crippen molar-refractivity contribution < 1.29 is 49.5 Å². The molecule has 0 nitrogen and oxygen atoms in total. The molecule has 79 valence electrons. The number of halogens is 2. The van der Waals surface area contributed by atoms with E-state index in [0.717, 1.165) is 5.92 Å². The summed E-state index contributed by atoms with van der Waals surface area (Å²) >= 11 is 1.60. The van der Waals surface area contributed by atoms with Crippen molar-refractivity contribution in [1.82, 2.24) is 0 Å². The summed E-state index contributed by atoms with van der Waals surface area (Å²) in [4.78, 5) is 0. The molecular weight excluding hydrogens is 294 g/mol. The van der Waals surface area contributed by atoms with Gasteiger partial charge in [0.1, 0.15) is 0 Å². The summed E-state index contributed by atoms with van der Waals surface area (Å²) in [5.74, 6) is 0.787. The van der Waals surface area contributed by atoms with Crippen LogP contribution < -0.4 is 24.8 Å². The molecule has 1 aliphatic rings. The van der Waals surface area contributed by atoms with Crippen molar-refractivity contribution in [2.45, 2.75) is 39.5 Å². The van der Waals surface area contributed by atoms with E-state index in [9.17, 15) is 0 Å². The molecule has 0 saturated carbocycles. The summed E-state index contributed by atoms with van der Waals surface area (Å²) in [7, 11) is 0. The largest absolute Gasteiger partial charge is 1.00 e. The van der Waals surface area contributed by atoms with Crippen molar-refractivity contribution in [3.05, 3.63) is 21.0 Å². The number of hydrogen-bond donors (Lipinski definition) is 0. The van der Waals surface area contributed by atoms with E-state index in [1.165, 1.54) is 25.7 Å². The fourth-order valence-electron chi connectivity index (χ4n) is 1.58. The van der Waals surface area contributed by atoms with Crippen molar-refractivity contribution in [1.29, 1.82) is 0 Å². The molecule has 1 unspecified atom stereocenters. The first kappa shape index (κ1) is 17.3. The number of hydrogen-bond acceptors (Lipinski definition) is 0. The SMILES string of the molecule is CCCCC1=CC(CC)[C]([Zr+2])=C1.[Cl-].[Cl-]. The third-order valence-electron chi connectivity index (χ3n) is 2.41. The van der Waals surface area contributed by atoms with Gasteiger partial charge in [-0.15, -0.1) is 0 Å². The van der Waals surface area contributed by atoms with Gasteiger partial charge in [-0.1, -0.05) is 0 Å². The second-order valence-corrected chi connectivity index (χ2v) is 4.88. The van der Waals surface area contributed by atoms with Crippen molar-refractivity contribution in [2.24, 2.45) is 5.92 Å². The molecule has 1 aliphatic carbocycles. The van der Waals surface area contributed by atoms with Crippen molar-refractivity contribution >= 4 is 0 Å². The van der Waals surface area contributed by atoms with Crippen LogP contribution in [0.1, 0.15) is 39.5 Å². The molecule has 1 rings (SSSR count). The van der Waals surface area contributed by atoms with E-state index >= 15 is 0 Å². The van der Waals surface area contributed by atoms with Gasteiger partial charge in [0.25, 0.3) is 0 Å². The van der Waals surface area contributed by atoms with E-state index in [1.807, 2.05) is 0 Å². The molecule has 0 spiro atoms. The van der Waals surface area contributed by atoms with Crippen LogP contribution in [0.5, 0.6) is 0 Å². The smallest absolute Gasteiger partial charge is 1.00 e. The molecule has 14 heavy (non-hydrogen) atoms. The van der Waals surface area contributed by atoms with E-state index in [0.29, 0.717) is 0 Å². The van der Waals surface area contributed by atoms with E-state index < -0.39 is 0 Å². The summed E-state index contributed by atoms with van der Waals surface area (Å²) in [6.07, 6.45) is 10.1. The van der Waals surface area contributed by atoms with Gasteiger partial charge in [0.2, 0.25) is 0 Å². The average Bonchev–Trinajstić information content (AvgIpc) is 2.43. The maximum absolute atomic E-state index is 2.47. The zero-order valence-electron chi connectivity index (χ0n) is 8.82. The normalized spacial score (nSPS) is 19.3. The maximum Gasteiger partial charge on any atom is -1.00 e. The first-order valence-corrected chi connectivity index (χ1v) is 6.14. The van der Waals surface area contributed by atoms with Gasteiger partial charge < -0.3 is 24.8 Å². The zero-order chi connectivity index (χ0) is 8.97. The van der Waals surface area contributed by atoms with Crippen LogP contribution in [0.2, 0.25) is 0 Å². The molecule has 0 aliphatic heterocycles. The van der Waals surface area contributed by atoms with Crippen LogP contribution >= 0.6 is 0 Å². The van der Waals surface area contributed by atoms with Crippen molar-refractivity contribution in [3.8, 4) is 0 Å². The minimum absolute atomic E-state index is 0. The van der Waals surface area contributed by atoms with Crippen LogP contribution in [0.4, 0.5) is 0 Å². The quantitative estimate of drug-likeness (QED) is 0.542. The van der Waals surface area contributed by atoms with Gasteiger partial charge in [-0.2, -0.15) is 0 Å². The van der Waals surface area contributed by atoms with Gasteiger partial charge >= 0.3 is 91.2 Å². The Morgan fingerprint density at radius 3 is 2.36 bits per heavy atom. The van der Waals surface area contributed by atoms with Crippen molar-refractivity contribution in [2.75, 3.05) is 0 Å². The Bertz CT molecular complexity index is 209. The van der Waals surface area contributed by atoms with Crippen LogP contribution in [-0.4, -0.2) is 0 Å². The molecule has 0 amide bonds. The average molecular weight is 311 g/mol. The topological polar surface area (TPSA) is 0 Å². The third-order valence-corrected chi connectivity index (χ3v) is 3.68. The van der Waals surface area contributed by atoms with E-state index in [4.69, 9.17) is 0 Å². The van der Waals surface area contributed by atoms with E-state index in [1.54, 1.807) is 33.6 Å². The van der Waals surface area contributed by atoms with E-state index in [-0.39, 0.29) is 24.8 Å². The standard InChI is InChI=1S/C11H17.2ClH.Zr/c1-3-5-6-11-8-7-10(4-2)9-11;;;/h8-10H,3-6H2,1-2H3;2*1H;/q;;;+2/p-2. The molecule has 0 aromatic rings. The van der Waals surface area contributed by atoms with Crippen LogP contribution in [0.15, 0.2) is 21.0 Å². The third kappa shape index (κ3) is 5.14. The minimum atomic E-state index is 0. The molecule has 0 radical (unpaired) electrons. The second kappa shape index (κ2) is 9.19. The second-order valence-electron chi connectivity index (χ2n) is 3.46. The fraction of sp³-hybridized carbons (Fsp3) is 0.636. The Labute approximate surface area is 115 Å². The summed E-state index contributed by atoms with van der Waals surface area (Å²) in [5.41, 5.74) is 1.59. The summed E-state index contributed by atoms with van der Waals surface area (Å²) in [6.45, 7) is 4.54. The molecule has 1 atom stereocenters. The van der Waals surface area contributed by atoms with E-state index in [2.05, 4.69) is 26.0 Å². The molecule has 0 aromatic heterocycles. The van der Waals surface area contributed by atoms with Gasteiger partial charge in [0.05, 0.1) is 0 Å². The Balaban J connectivity index is 0. The summed E-state index contributed by atoms with van der Waals surface area (Å²) in [5, 5.41) is 0. The summed E-state index contributed by atoms with van der Waals surface area (Å²) in [6, 6.07) is 0. The first-order chi connectivity index (χ1) is 5.77. The maximum atomic E-state index is 2.47. The van der Waals surface area contributed by atoms with Gasteiger partial charge in [-0.3, -0.25) is 0 Å². The molecule has 3 heteroatoms. The Kier molecular flexibility index (Phi) is 11.4. The van der Waals surface area contributed by atoms with Crippen molar-refractivity contribution in [3.63, 3.8) is 0 Å². The molecule has 0 fully saturated rings. The van der Waals surface area contributed by atoms with Crippen LogP contribution in [0, 0.1) is 5.92 Å². The number of allylic oxidation sites excluding steroid dienone is 4. The van der Waals surface area contributed by atoms with Gasteiger partial charge in [0.15, 0.2) is 0 Å². The zero-order valence-corrected chi connectivity index (χ0v) is 12.8. The predicted molar refractivity (Wildman–Crippen MR) is 49.5 cm³/mol. The number of rotatable bonds is 4. The van der Waals surface area contributed by atoms with Gasteiger partial charge in [0, 0.05) is 0 Å². The van der Waals surface area contributed by atoms with Gasteiger partial charge in [-0.25, -0.2) is 0 Å².